The van der Waals surface area contributed by atoms with Gasteiger partial charge in [0.2, 0.25) is 0 Å². The molecule has 0 saturated heterocycles. The zero-order chi connectivity index (χ0) is 52.6. The molecule has 4 heteroatoms. The quantitative estimate of drug-likeness (QED) is 0.173. The second-order valence-electron chi connectivity index (χ2n) is 25.0. The van der Waals surface area contributed by atoms with Gasteiger partial charge in [-0.2, -0.15) is 0 Å². The van der Waals surface area contributed by atoms with Crippen LogP contribution in [0.25, 0.3) is 83.9 Å². The highest BCUT2D eigenvalue weighted by molar-refractivity contribution is 5.98. The Hall–Kier alpha value is -7.04. The lowest BCUT2D eigenvalue weighted by atomic mass is 9.79. The van der Waals surface area contributed by atoms with Gasteiger partial charge in [0, 0.05) is 28.4 Å². The molecule has 2 heterocycles. The van der Waals surface area contributed by atoms with Crippen LogP contribution in [-0.4, -0.2) is 19.6 Å². The Bertz CT molecular complexity index is 3530. The summed E-state index contributed by atoms with van der Waals surface area (Å²) < 4.78 is 11.3. The predicted octanol–water partition coefficient (Wildman–Crippen LogP) is 18.6. The van der Waals surface area contributed by atoms with E-state index in [2.05, 4.69) is 260 Å². The number of hydrogen-bond donors (Lipinski definition) is 1. The number of aromatic nitrogens is 3. The van der Waals surface area contributed by atoms with Gasteiger partial charge in [0.05, 0.1) is 29.3 Å². The summed E-state index contributed by atoms with van der Waals surface area (Å²) in [4.78, 5) is 10.6. The SMILES string of the molecule is [2H]c1cc(-c2ccc(-c3ccccc3C(C)(C)C)cc2)cc(-c2cc(-c3cccc4c3nc(-c3cc(C(C)(C)C)cc(C(C)(C)C)c3O)n4-c3ccc(C(C)(C)C)cc3-c3ccccc3)cc(C(C)(C)C)c2)n1. The fourth-order valence-electron chi connectivity index (χ4n) is 9.92. The molecule has 0 aliphatic heterocycles. The van der Waals surface area contributed by atoms with Gasteiger partial charge in [0.25, 0.3) is 0 Å². The second kappa shape index (κ2) is 18.2. The van der Waals surface area contributed by atoms with Gasteiger partial charge in [0.15, 0.2) is 0 Å². The Labute approximate surface area is 431 Å². The van der Waals surface area contributed by atoms with Crippen molar-refractivity contribution in [3.63, 3.8) is 0 Å². The molecule has 1 N–H and O–H groups in total. The number of rotatable bonds is 7. The molecular formula is C68H73N3O. The number of benzene rings is 7. The van der Waals surface area contributed by atoms with E-state index in [9.17, 15) is 5.11 Å². The van der Waals surface area contributed by atoms with E-state index < -0.39 is 0 Å². The van der Waals surface area contributed by atoms with Crippen LogP contribution in [0.1, 0.15) is 133 Å². The lowest BCUT2D eigenvalue weighted by Gasteiger charge is -2.28. The number of imidazole rings is 1. The summed E-state index contributed by atoms with van der Waals surface area (Å²) >= 11 is 0. The first kappa shape index (κ1) is 48.6. The van der Waals surface area contributed by atoms with Crippen LogP contribution in [0, 0.1) is 0 Å². The molecule has 0 atom stereocenters. The molecule has 4 nitrogen and oxygen atoms in total. The first-order valence-electron chi connectivity index (χ1n) is 26.1. The number of fused-ring (bicyclic) bond motifs is 1. The van der Waals surface area contributed by atoms with Gasteiger partial charge in [-0.3, -0.25) is 9.55 Å². The number of aromatic hydroxyl groups is 1. The maximum atomic E-state index is 12.6. The highest BCUT2D eigenvalue weighted by Crippen LogP contribution is 2.46. The summed E-state index contributed by atoms with van der Waals surface area (Å²) in [5, 5.41) is 12.6. The fraction of sp³-hybridized carbons (Fsp3) is 0.294. The molecule has 0 amide bonds. The van der Waals surface area contributed by atoms with Crippen molar-refractivity contribution in [2.75, 3.05) is 0 Å². The average molecular weight is 949 g/mol. The van der Waals surface area contributed by atoms with E-state index in [-0.39, 0.29) is 39.0 Å². The van der Waals surface area contributed by atoms with E-state index in [1.165, 1.54) is 22.3 Å². The van der Waals surface area contributed by atoms with Gasteiger partial charge < -0.3 is 5.11 Å². The zero-order valence-corrected chi connectivity index (χ0v) is 45.3. The van der Waals surface area contributed by atoms with E-state index >= 15 is 0 Å². The summed E-state index contributed by atoms with van der Waals surface area (Å²) in [5.74, 6) is 0.912. The molecule has 0 radical (unpaired) electrons. The third-order valence-electron chi connectivity index (χ3n) is 14.3. The minimum atomic E-state index is -0.346. The van der Waals surface area contributed by atoms with Gasteiger partial charge in [-0.1, -0.05) is 213 Å². The van der Waals surface area contributed by atoms with Crippen LogP contribution in [0.2, 0.25) is 0 Å². The van der Waals surface area contributed by atoms with E-state index in [1.54, 1.807) is 0 Å². The van der Waals surface area contributed by atoms with Crippen molar-refractivity contribution in [2.45, 2.75) is 131 Å². The number of nitrogens with zero attached hydrogens (tertiary/aromatic N) is 3. The maximum absolute atomic E-state index is 12.6. The molecule has 72 heavy (non-hydrogen) atoms. The number of pyridine rings is 1. The third-order valence-corrected chi connectivity index (χ3v) is 14.3. The van der Waals surface area contributed by atoms with Crippen molar-refractivity contribution < 1.29 is 6.48 Å². The topological polar surface area (TPSA) is 50.9 Å². The summed E-state index contributed by atoms with van der Waals surface area (Å²) in [6, 6.07) is 56.3. The van der Waals surface area contributed by atoms with Crippen LogP contribution in [0.4, 0.5) is 0 Å². The summed E-state index contributed by atoms with van der Waals surface area (Å²) in [5.41, 5.74) is 18.4. The number of hydrogen-bond acceptors (Lipinski definition) is 3. The highest BCUT2D eigenvalue weighted by Gasteiger charge is 2.30. The molecule has 0 aliphatic rings. The minimum Gasteiger partial charge on any atom is -0.507 e. The Kier molecular flexibility index (Phi) is 12.3. The van der Waals surface area contributed by atoms with Gasteiger partial charge >= 0.3 is 0 Å². The lowest BCUT2D eigenvalue weighted by molar-refractivity contribution is 0.446. The second-order valence-corrected chi connectivity index (χ2v) is 25.0. The maximum Gasteiger partial charge on any atom is 0.149 e. The van der Waals surface area contributed by atoms with Crippen molar-refractivity contribution >= 4 is 11.0 Å². The molecule has 0 bridgehead atoms. The van der Waals surface area contributed by atoms with Crippen molar-refractivity contribution in [1.29, 1.82) is 0 Å². The van der Waals surface area contributed by atoms with Crippen molar-refractivity contribution in [3.8, 4) is 78.6 Å². The molecular weight excluding hydrogens is 875 g/mol. The first-order valence-corrected chi connectivity index (χ1v) is 25.6. The molecule has 9 rings (SSSR count). The van der Waals surface area contributed by atoms with Crippen LogP contribution in [0.15, 0.2) is 164 Å². The highest BCUT2D eigenvalue weighted by atomic mass is 16.3. The molecule has 0 saturated carbocycles. The zero-order valence-electron chi connectivity index (χ0n) is 46.3. The third kappa shape index (κ3) is 9.81. The van der Waals surface area contributed by atoms with Crippen molar-refractivity contribution in [3.05, 3.63) is 192 Å². The normalized spacial score (nSPS) is 12.9. The molecule has 0 aliphatic carbocycles. The molecule has 9 aromatic rings. The largest absolute Gasteiger partial charge is 0.507 e. The van der Waals surface area contributed by atoms with Crippen LogP contribution >= 0.6 is 0 Å². The fourth-order valence-corrected chi connectivity index (χ4v) is 9.92. The van der Waals surface area contributed by atoms with Gasteiger partial charge in [-0.05, 0) is 131 Å². The summed E-state index contributed by atoms with van der Waals surface area (Å²) in [7, 11) is 0. The molecule has 366 valence electrons. The van der Waals surface area contributed by atoms with Gasteiger partial charge in [0.1, 0.15) is 11.6 Å². The Morgan fingerprint density at radius 2 is 0.972 bits per heavy atom. The van der Waals surface area contributed by atoms with E-state index in [4.69, 9.17) is 11.3 Å². The summed E-state index contributed by atoms with van der Waals surface area (Å²) in [6.45, 7) is 33.5. The van der Waals surface area contributed by atoms with Crippen molar-refractivity contribution in [1.82, 2.24) is 14.5 Å². The lowest BCUT2D eigenvalue weighted by Crippen LogP contribution is -2.17. The van der Waals surface area contributed by atoms with Crippen LogP contribution in [0.5, 0.6) is 5.75 Å². The number of phenolic OH excluding ortho intramolecular Hbond substituents is 1. The average Bonchev–Trinajstić information content (AvgIpc) is 3.72. The van der Waals surface area contributed by atoms with E-state index in [1.807, 2.05) is 6.07 Å². The smallest absolute Gasteiger partial charge is 0.149 e. The molecule has 0 spiro atoms. The molecule has 2 aromatic heterocycles. The number of para-hydroxylation sites is 1. The molecule has 0 unspecified atom stereocenters. The van der Waals surface area contributed by atoms with Crippen LogP contribution < -0.4 is 0 Å². The van der Waals surface area contributed by atoms with Gasteiger partial charge in [-0.25, -0.2) is 4.98 Å². The van der Waals surface area contributed by atoms with Gasteiger partial charge in [-0.15, -0.1) is 0 Å². The molecule has 0 fully saturated rings. The van der Waals surface area contributed by atoms with E-state index in [0.29, 0.717) is 11.4 Å². The van der Waals surface area contributed by atoms with Crippen molar-refractivity contribution in [2.24, 2.45) is 0 Å². The summed E-state index contributed by atoms with van der Waals surface area (Å²) in [6.07, 6.45) is 0.210. The van der Waals surface area contributed by atoms with Crippen LogP contribution in [0.3, 0.4) is 0 Å². The predicted molar refractivity (Wildman–Crippen MR) is 307 cm³/mol. The standard InChI is InChI=1S/C68H73N3O/c1-64(2,3)49-32-33-59(54(40-49)44-22-17-16-18-23-44)71-60-27-21-25-53(61(60)70-63(71)55-41-51(66(7,8)9)42-57(62(55)72)68(13,14)15)47-36-48(38-50(37-47)65(4,5)6)58-39-46(34-35-69-58)43-28-30-45(31-29-43)52-24-19-20-26-56(52)67(10,11)12/h16-42,72H,1-15H3/i35D. The Balaban J connectivity index is 1.28. The first-order chi connectivity index (χ1) is 34.2. The van der Waals surface area contributed by atoms with Crippen LogP contribution in [-0.2, 0) is 27.1 Å². The Morgan fingerprint density at radius 3 is 1.62 bits per heavy atom. The van der Waals surface area contributed by atoms with E-state index in [0.717, 1.165) is 78.0 Å². The minimum absolute atomic E-state index is 0.00507. The molecule has 7 aromatic carbocycles. The Morgan fingerprint density at radius 1 is 0.403 bits per heavy atom. The monoisotopic (exact) mass is 949 g/mol. The number of phenols is 1.